The third kappa shape index (κ3) is 2.00. The van der Waals surface area contributed by atoms with Crippen molar-refractivity contribution < 1.29 is 4.39 Å². The van der Waals surface area contributed by atoms with E-state index in [1.807, 2.05) is 0 Å². The van der Waals surface area contributed by atoms with Crippen LogP contribution in [0.5, 0.6) is 0 Å². The Balaban J connectivity index is 2.86. The quantitative estimate of drug-likeness (QED) is 0.387. The van der Waals surface area contributed by atoms with Gasteiger partial charge in [-0.15, -0.1) is 0 Å². The summed E-state index contributed by atoms with van der Waals surface area (Å²) in [5.74, 6) is -0.508. The molecule has 4 heteroatoms. The predicted octanol–water partition coefficient (Wildman–Crippen LogP) is 0.774. The summed E-state index contributed by atoms with van der Waals surface area (Å²) in [5.41, 5.74) is 2.90. The molecule has 0 radical (unpaired) electrons. The summed E-state index contributed by atoms with van der Waals surface area (Å²) >= 11 is 0. The zero-order valence-electron chi connectivity index (χ0n) is 6.08. The van der Waals surface area contributed by atoms with Crippen LogP contribution in [-0.2, 0) is 0 Å². The van der Waals surface area contributed by atoms with Gasteiger partial charge in [0.1, 0.15) is 0 Å². The van der Waals surface area contributed by atoms with Crippen LogP contribution < -0.4 is 5.43 Å². The van der Waals surface area contributed by atoms with Crippen LogP contribution in [0.1, 0.15) is 5.56 Å². The van der Waals surface area contributed by atoms with Crippen LogP contribution in [0.25, 0.3) is 0 Å². The number of hydrogen-bond acceptors (Lipinski definition) is 3. The number of halogens is 1. The number of hydrogen-bond donors (Lipinski definition) is 1. The highest BCUT2D eigenvalue weighted by molar-refractivity contribution is 5.78. The third-order valence-corrected chi connectivity index (χ3v) is 1.12. The molecule has 58 valence electrons. The van der Waals surface area contributed by atoms with E-state index < -0.39 is 5.95 Å². The summed E-state index contributed by atoms with van der Waals surface area (Å²) in [6.45, 7) is 0. The maximum Gasteiger partial charge on any atom is 0.221 e. The first-order chi connectivity index (χ1) is 5.34. The van der Waals surface area contributed by atoms with Crippen molar-refractivity contribution in [3.63, 3.8) is 0 Å². The molecule has 0 aromatic carbocycles. The first kappa shape index (κ1) is 7.65. The lowest BCUT2D eigenvalue weighted by molar-refractivity contribution is 0.581. The van der Waals surface area contributed by atoms with E-state index in [1.165, 1.54) is 12.4 Å². The van der Waals surface area contributed by atoms with Gasteiger partial charge in [-0.3, -0.25) is 0 Å². The van der Waals surface area contributed by atoms with Gasteiger partial charge in [0.05, 0.1) is 6.21 Å². The molecular weight excluding hydrogens is 145 g/mol. The molecule has 3 nitrogen and oxygen atoms in total. The van der Waals surface area contributed by atoms with Crippen LogP contribution >= 0.6 is 0 Å². The minimum absolute atomic E-state index is 0.377. The predicted molar refractivity (Wildman–Crippen MR) is 40.8 cm³/mol. The van der Waals surface area contributed by atoms with Crippen molar-refractivity contribution in [3.8, 4) is 0 Å². The van der Waals surface area contributed by atoms with Gasteiger partial charge in [-0.05, 0) is 12.1 Å². The van der Waals surface area contributed by atoms with Gasteiger partial charge in [0.25, 0.3) is 0 Å². The molecule has 0 bridgehead atoms. The highest BCUT2D eigenvalue weighted by Crippen LogP contribution is 1.98. The average molecular weight is 153 g/mol. The molecule has 0 saturated heterocycles. The number of aromatic nitrogens is 1. The Kier molecular flexibility index (Phi) is 2.54. The van der Waals surface area contributed by atoms with E-state index in [9.17, 15) is 4.39 Å². The molecule has 1 aromatic heterocycles. The molecule has 0 amide bonds. The molecule has 0 aliphatic heterocycles. The summed E-state index contributed by atoms with van der Waals surface area (Å²) in [5, 5.41) is 3.65. The summed E-state index contributed by atoms with van der Waals surface area (Å²) in [7, 11) is 1.64. The van der Waals surface area contributed by atoms with Crippen LogP contribution in [0.15, 0.2) is 23.4 Å². The lowest BCUT2D eigenvalue weighted by Crippen LogP contribution is -1.97. The van der Waals surface area contributed by atoms with Crippen LogP contribution in [0.4, 0.5) is 4.39 Å². The SMILES string of the molecule is CN/N=C/c1cccnc1F. The number of nitrogens with zero attached hydrogens (tertiary/aromatic N) is 2. The molecule has 1 aromatic rings. The molecule has 0 spiro atoms. The number of pyridine rings is 1. The molecule has 1 heterocycles. The van der Waals surface area contributed by atoms with E-state index in [0.717, 1.165) is 0 Å². The van der Waals surface area contributed by atoms with Gasteiger partial charge in [0, 0.05) is 18.8 Å². The van der Waals surface area contributed by atoms with E-state index in [1.54, 1.807) is 19.2 Å². The fraction of sp³-hybridized carbons (Fsp3) is 0.143. The fourth-order valence-corrected chi connectivity index (χ4v) is 0.629. The third-order valence-electron chi connectivity index (χ3n) is 1.12. The van der Waals surface area contributed by atoms with E-state index in [-0.39, 0.29) is 0 Å². The van der Waals surface area contributed by atoms with Gasteiger partial charge >= 0.3 is 0 Å². The Labute approximate surface area is 64.0 Å². The smallest absolute Gasteiger partial charge is 0.221 e. The van der Waals surface area contributed by atoms with Crippen molar-refractivity contribution in [3.05, 3.63) is 29.8 Å². The van der Waals surface area contributed by atoms with Gasteiger partial charge in [-0.2, -0.15) is 9.49 Å². The Morgan fingerprint density at radius 3 is 3.18 bits per heavy atom. The summed E-state index contributed by atoms with van der Waals surface area (Å²) in [6.07, 6.45) is 2.77. The summed E-state index contributed by atoms with van der Waals surface area (Å²) in [6, 6.07) is 3.25. The molecule has 0 atom stereocenters. The van der Waals surface area contributed by atoms with Crippen molar-refractivity contribution >= 4 is 6.21 Å². The van der Waals surface area contributed by atoms with E-state index >= 15 is 0 Å². The van der Waals surface area contributed by atoms with Crippen LogP contribution in [0.2, 0.25) is 0 Å². The lowest BCUT2D eigenvalue weighted by atomic mass is 10.3. The van der Waals surface area contributed by atoms with E-state index in [0.29, 0.717) is 5.56 Å². The minimum Gasteiger partial charge on any atom is -0.313 e. The molecule has 0 aliphatic rings. The topological polar surface area (TPSA) is 37.3 Å². The van der Waals surface area contributed by atoms with Crippen LogP contribution in [-0.4, -0.2) is 18.2 Å². The van der Waals surface area contributed by atoms with Gasteiger partial charge in [-0.25, -0.2) is 4.98 Å². The number of rotatable bonds is 2. The second-order valence-corrected chi connectivity index (χ2v) is 1.87. The first-order valence-corrected chi connectivity index (χ1v) is 3.15. The lowest BCUT2D eigenvalue weighted by Gasteiger charge is -1.92. The summed E-state index contributed by atoms with van der Waals surface area (Å²) in [4.78, 5) is 3.45. The minimum atomic E-state index is -0.508. The zero-order valence-corrected chi connectivity index (χ0v) is 6.08. The molecule has 11 heavy (non-hydrogen) atoms. The average Bonchev–Trinajstić information content (AvgIpc) is 2.03. The molecule has 1 N–H and O–H groups in total. The standard InChI is InChI=1S/C7H8FN3/c1-9-11-5-6-3-2-4-10-7(6)8/h2-5,9H,1H3/b11-5+. The highest BCUT2D eigenvalue weighted by Gasteiger charge is 1.95. The molecular formula is C7H8FN3. The highest BCUT2D eigenvalue weighted by atomic mass is 19.1. The second kappa shape index (κ2) is 3.65. The fourth-order valence-electron chi connectivity index (χ4n) is 0.629. The van der Waals surface area contributed by atoms with Crippen molar-refractivity contribution in [2.75, 3.05) is 7.05 Å². The first-order valence-electron chi connectivity index (χ1n) is 3.15. The normalized spacial score (nSPS) is 10.4. The zero-order chi connectivity index (χ0) is 8.10. The number of hydrazone groups is 1. The van der Waals surface area contributed by atoms with Gasteiger partial charge < -0.3 is 5.43 Å². The molecule has 0 unspecified atom stereocenters. The van der Waals surface area contributed by atoms with Crippen molar-refractivity contribution in [1.82, 2.24) is 10.4 Å². The summed E-state index contributed by atoms with van der Waals surface area (Å²) < 4.78 is 12.7. The molecule has 1 rings (SSSR count). The Morgan fingerprint density at radius 1 is 1.73 bits per heavy atom. The Bertz CT molecular complexity index is 260. The number of nitrogens with one attached hydrogen (secondary N) is 1. The molecule has 0 saturated carbocycles. The van der Waals surface area contributed by atoms with Gasteiger partial charge in [-0.1, -0.05) is 0 Å². The largest absolute Gasteiger partial charge is 0.313 e. The van der Waals surface area contributed by atoms with Gasteiger partial charge in [0.2, 0.25) is 5.95 Å². The van der Waals surface area contributed by atoms with Crippen molar-refractivity contribution in [2.45, 2.75) is 0 Å². The monoisotopic (exact) mass is 153 g/mol. The molecule has 0 fully saturated rings. The second-order valence-electron chi connectivity index (χ2n) is 1.87. The van der Waals surface area contributed by atoms with Gasteiger partial charge in [0.15, 0.2) is 0 Å². The van der Waals surface area contributed by atoms with Crippen LogP contribution in [0, 0.1) is 5.95 Å². The van der Waals surface area contributed by atoms with E-state index in [4.69, 9.17) is 0 Å². The van der Waals surface area contributed by atoms with Crippen LogP contribution in [0.3, 0.4) is 0 Å². The van der Waals surface area contributed by atoms with Crippen molar-refractivity contribution in [2.24, 2.45) is 5.10 Å². The maximum atomic E-state index is 12.7. The molecule has 0 aliphatic carbocycles. The Morgan fingerprint density at radius 2 is 2.55 bits per heavy atom. The van der Waals surface area contributed by atoms with E-state index in [2.05, 4.69) is 15.5 Å². The van der Waals surface area contributed by atoms with Crippen molar-refractivity contribution in [1.29, 1.82) is 0 Å². The Hall–Kier alpha value is -1.45. The maximum absolute atomic E-state index is 12.7.